The fraction of sp³-hybridized carbons (Fsp3) is 0.143. The molecule has 20 heavy (non-hydrogen) atoms. The second-order valence-corrected chi connectivity index (χ2v) is 8.11. The topological polar surface area (TPSA) is 20.2 Å². The molecule has 6 heteroatoms. The second kappa shape index (κ2) is 9.02. The molecule has 0 heterocycles. The number of benzene rings is 2. The SMILES string of the molecule is Cc1ccc(Pc2cc(C)ccc2O)c(F)c1.[Cl][Ti][Cl]. The van der Waals surface area contributed by atoms with Gasteiger partial charge in [-0.1, -0.05) is 32.3 Å². The first-order valence-corrected chi connectivity index (χ1v) is 11.1. The van der Waals surface area contributed by atoms with Gasteiger partial charge in [0.1, 0.15) is 11.6 Å². The van der Waals surface area contributed by atoms with Crippen molar-refractivity contribution in [2.75, 3.05) is 0 Å². The van der Waals surface area contributed by atoms with Gasteiger partial charge in [0.25, 0.3) is 0 Å². The van der Waals surface area contributed by atoms with Crippen molar-refractivity contribution in [1.29, 1.82) is 0 Å². The molecule has 0 radical (unpaired) electrons. The summed E-state index contributed by atoms with van der Waals surface area (Å²) in [5.41, 5.74) is 1.97. The Morgan fingerprint density at radius 3 is 2.15 bits per heavy atom. The van der Waals surface area contributed by atoms with Gasteiger partial charge in [-0.25, -0.2) is 4.39 Å². The summed E-state index contributed by atoms with van der Waals surface area (Å²) in [7, 11) is 9.92. The van der Waals surface area contributed by atoms with E-state index in [0.717, 1.165) is 16.4 Å². The first-order valence-electron chi connectivity index (χ1n) is 5.77. The number of phenols is 1. The van der Waals surface area contributed by atoms with Crippen LogP contribution >= 0.6 is 27.2 Å². The van der Waals surface area contributed by atoms with Crippen LogP contribution in [0.1, 0.15) is 11.1 Å². The quantitative estimate of drug-likeness (QED) is 0.625. The Kier molecular flexibility index (Phi) is 8.10. The maximum atomic E-state index is 13.7. The van der Waals surface area contributed by atoms with Crippen LogP contribution in [0.3, 0.4) is 0 Å². The molecule has 0 aliphatic heterocycles. The van der Waals surface area contributed by atoms with Crippen LogP contribution in [0.25, 0.3) is 0 Å². The van der Waals surface area contributed by atoms with Crippen LogP contribution in [0.15, 0.2) is 36.4 Å². The van der Waals surface area contributed by atoms with Crippen molar-refractivity contribution in [2.45, 2.75) is 13.8 Å². The monoisotopic (exact) mass is 366 g/mol. The van der Waals surface area contributed by atoms with Gasteiger partial charge < -0.3 is 5.11 Å². The fourth-order valence-corrected chi connectivity index (χ4v) is 2.78. The zero-order chi connectivity index (χ0) is 15.1. The minimum atomic E-state index is -0.556. The van der Waals surface area contributed by atoms with E-state index in [1.807, 2.05) is 32.0 Å². The fourth-order valence-electron chi connectivity index (χ4n) is 1.62. The average Bonchev–Trinajstić information content (AvgIpc) is 2.38. The van der Waals surface area contributed by atoms with Crippen molar-refractivity contribution < 1.29 is 26.5 Å². The average molecular weight is 367 g/mol. The molecule has 0 saturated carbocycles. The molecule has 2 rings (SSSR count). The van der Waals surface area contributed by atoms with Gasteiger partial charge in [0.05, 0.1) is 0 Å². The zero-order valence-electron chi connectivity index (χ0n) is 11.0. The van der Waals surface area contributed by atoms with Crippen molar-refractivity contribution in [1.82, 2.24) is 0 Å². The molecular formula is C14H14Cl2FOPTi. The Labute approximate surface area is 137 Å². The van der Waals surface area contributed by atoms with E-state index in [1.165, 1.54) is 6.07 Å². The zero-order valence-corrected chi connectivity index (χ0v) is 15.1. The van der Waals surface area contributed by atoms with Crippen molar-refractivity contribution in [3.8, 4) is 5.75 Å². The maximum absolute atomic E-state index is 13.7. The van der Waals surface area contributed by atoms with Gasteiger partial charge in [-0.05, 0) is 37.6 Å². The van der Waals surface area contributed by atoms with Crippen molar-refractivity contribution in [3.63, 3.8) is 0 Å². The predicted molar refractivity (Wildman–Crippen MR) is 83.3 cm³/mol. The van der Waals surface area contributed by atoms with E-state index < -0.39 is 17.0 Å². The van der Waals surface area contributed by atoms with Crippen LogP contribution < -0.4 is 10.6 Å². The van der Waals surface area contributed by atoms with E-state index in [0.29, 0.717) is 5.30 Å². The molecule has 2 aromatic carbocycles. The Balaban J connectivity index is 0.000000612. The summed E-state index contributed by atoms with van der Waals surface area (Å²) in [6.45, 7) is 3.82. The van der Waals surface area contributed by atoms with Crippen LogP contribution in [0.2, 0.25) is 0 Å². The van der Waals surface area contributed by atoms with Gasteiger partial charge >= 0.3 is 35.6 Å². The van der Waals surface area contributed by atoms with Crippen LogP contribution in [0.5, 0.6) is 5.75 Å². The number of phenolic OH excluding ortho intramolecular Hbond substituents is 1. The van der Waals surface area contributed by atoms with Crippen LogP contribution in [-0.4, -0.2) is 5.11 Å². The molecule has 1 unspecified atom stereocenters. The number of rotatable bonds is 2. The number of aromatic hydroxyl groups is 1. The molecule has 1 N–H and O–H groups in total. The number of halogens is 3. The van der Waals surface area contributed by atoms with Gasteiger partial charge in [0.15, 0.2) is 0 Å². The molecule has 1 nitrogen and oxygen atoms in total. The summed E-state index contributed by atoms with van der Waals surface area (Å²) >= 11 is -0.556. The molecule has 1 atom stereocenters. The molecular weight excluding hydrogens is 353 g/mol. The van der Waals surface area contributed by atoms with Gasteiger partial charge in [-0.15, -0.1) is 0 Å². The van der Waals surface area contributed by atoms with E-state index in [2.05, 4.69) is 0 Å². The van der Waals surface area contributed by atoms with E-state index in [9.17, 15) is 9.50 Å². The third-order valence-corrected chi connectivity index (χ3v) is 3.89. The van der Waals surface area contributed by atoms with E-state index >= 15 is 0 Å². The molecule has 0 saturated heterocycles. The number of aryl methyl sites for hydroxylation is 2. The summed E-state index contributed by atoms with van der Waals surface area (Å²) in [5.74, 6) is 0.0261. The van der Waals surface area contributed by atoms with E-state index in [1.54, 1.807) is 12.1 Å². The molecule has 2 aromatic rings. The third-order valence-electron chi connectivity index (χ3n) is 2.55. The summed E-state index contributed by atoms with van der Waals surface area (Å²) in [4.78, 5) is 0. The van der Waals surface area contributed by atoms with E-state index in [4.69, 9.17) is 18.6 Å². The first kappa shape index (κ1) is 17.9. The first-order chi connectivity index (χ1) is 9.47. The summed E-state index contributed by atoms with van der Waals surface area (Å²) < 4.78 is 13.7. The molecule has 0 amide bonds. The standard InChI is InChI=1S/C14H14FOP.2ClH.Ti/c1-9-4-6-13(11(15)7-9)17-14-8-10(2)3-5-12(14)16;;;/h3-8,16-17H,1-2H3;2*1H;/q;;;+2/p-2. The third kappa shape index (κ3) is 5.72. The number of hydrogen-bond donors (Lipinski definition) is 1. The van der Waals surface area contributed by atoms with Crippen LogP contribution in [0.4, 0.5) is 4.39 Å². The van der Waals surface area contributed by atoms with Crippen molar-refractivity contribution in [2.24, 2.45) is 0 Å². The molecule has 0 aromatic heterocycles. The number of hydrogen-bond acceptors (Lipinski definition) is 1. The van der Waals surface area contributed by atoms with Gasteiger partial charge in [-0.3, -0.25) is 0 Å². The Morgan fingerprint density at radius 1 is 1.00 bits per heavy atom. The Bertz CT molecular complexity index is 581. The van der Waals surface area contributed by atoms with Crippen molar-refractivity contribution >= 4 is 37.8 Å². The van der Waals surface area contributed by atoms with Gasteiger partial charge in [0.2, 0.25) is 0 Å². The molecule has 0 aliphatic rings. The molecule has 0 spiro atoms. The Hall–Kier alpha value is -0.106. The van der Waals surface area contributed by atoms with Crippen LogP contribution in [-0.2, 0) is 17.0 Å². The molecule has 106 valence electrons. The minimum absolute atomic E-state index is 0.142. The van der Waals surface area contributed by atoms with E-state index in [-0.39, 0.29) is 20.1 Å². The molecule has 0 fully saturated rings. The summed E-state index contributed by atoms with van der Waals surface area (Å²) in [6.07, 6.45) is 0. The second-order valence-electron chi connectivity index (χ2n) is 4.20. The van der Waals surface area contributed by atoms with Crippen LogP contribution in [0, 0.1) is 19.7 Å². The summed E-state index contributed by atoms with van der Waals surface area (Å²) in [5, 5.41) is 11.1. The van der Waals surface area contributed by atoms with Gasteiger partial charge in [-0.2, -0.15) is 0 Å². The Morgan fingerprint density at radius 2 is 1.55 bits per heavy atom. The predicted octanol–water partition coefficient (Wildman–Crippen LogP) is 4.15. The molecule has 0 bridgehead atoms. The van der Waals surface area contributed by atoms with Crippen molar-refractivity contribution in [3.05, 3.63) is 53.3 Å². The summed E-state index contributed by atoms with van der Waals surface area (Å²) in [6, 6.07) is 10.6. The molecule has 0 aliphatic carbocycles. The van der Waals surface area contributed by atoms with Gasteiger partial charge in [0, 0.05) is 10.6 Å². The normalized spacial score (nSPS) is 10.2.